The van der Waals surface area contributed by atoms with Gasteiger partial charge >= 0.3 is 5.82 Å². The molecule has 1 amide bonds. The lowest BCUT2D eigenvalue weighted by molar-refractivity contribution is -0.389. The molecule has 0 bridgehead atoms. The minimum absolute atomic E-state index is 0.269. The van der Waals surface area contributed by atoms with Gasteiger partial charge in [-0.15, -0.1) is 0 Å². The van der Waals surface area contributed by atoms with Crippen molar-refractivity contribution in [1.82, 2.24) is 19.6 Å². The summed E-state index contributed by atoms with van der Waals surface area (Å²) in [4.78, 5) is 23.1. The van der Waals surface area contributed by atoms with Crippen LogP contribution in [0.3, 0.4) is 0 Å². The van der Waals surface area contributed by atoms with Crippen LogP contribution in [0.4, 0.5) is 11.5 Å². The zero-order chi connectivity index (χ0) is 20.3. The topological polar surface area (TPSA) is 108 Å². The van der Waals surface area contributed by atoms with Gasteiger partial charge in [0.05, 0.1) is 35.3 Å². The van der Waals surface area contributed by atoms with E-state index in [0.717, 1.165) is 5.56 Å². The fourth-order valence-electron chi connectivity index (χ4n) is 3.08. The van der Waals surface area contributed by atoms with Crippen LogP contribution >= 0.6 is 0 Å². The molecule has 1 atom stereocenters. The van der Waals surface area contributed by atoms with E-state index in [9.17, 15) is 14.9 Å². The molecule has 1 aromatic carbocycles. The number of nitrogens with zero attached hydrogens (tertiary/aromatic N) is 5. The van der Waals surface area contributed by atoms with E-state index in [4.69, 9.17) is 0 Å². The van der Waals surface area contributed by atoms with Gasteiger partial charge in [-0.25, -0.2) is 0 Å². The van der Waals surface area contributed by atoms with Crippen molar-refractivity contribution in [2.75, 3.05) is 5.32 Å². The van der Waals surface area contributed by atoms with E-state index in [1.807, 2.05) is 32.0 Å². The number of nitrogens with one attached hydrogen (secondary N) is 1. The second-order valence-corrected chi connectivity index (χ2v) is 6.67. The van der Waals surface area contributed by atoms with Gasteiger partial charge in [0.15, 0.2) is 6.04 Å². The molecular weight excluding hydrogens is 360 g/mol. The minimum Gasteiger partial charge on any atom is -0.358 e. The molecule has 3 aromatic rings. The Hall–Kier alpha value is -3.49. The molecule has 0 fully saturated rings. The fourth-order valence-corrected chi connectivity index (χ4v) is 3.08. The highest BCUT2D eigenvalue weighted by atomic mass is 16.6. The molecule has 1 unspecified atom stereocenters. The molecule has 3 rings (SSSR count). The van der Waals surface area contributed by atoms with Gasteiger partial charge in [0, 0.05) is 6.20 Å². The molecule has 0 spiro atoms. The van der Waals surface area contributed by atoms with E-state index >= 15 is 0 Å². The van der Waals surface area contributed by atoms with Crippen LogP contribution in [0.5, 0.6) is 0 Å². The van der Waals surface area contributed by atoms with E-state index in [1.165, 1.54) is 16.3 Å². The molecule has 2 heterocycles. The zero-order valence-electron chi connectivity index (χ0n) is 16.0. The third kappa shape index (κ3) is 4.25. The number of carbonyl (C=O) groups excluding carboxylic acids is 1. The van der Waals surface area contributed by atoms with Gasteiger partial charge < -0.3 is 15.4 Å². The molecule has 0 aliphatic heterocycles. The van der Waals surface area contributed by atoms with Gasteiger partial charge in [-0.05, 0) is 30.8 Å². The van der Waals surface area contributed by atoms with Gasteiger partial charge in [0.1, 0.15) is 0 Å². The highest BCUT2D eigenvalue weighted by Crippen LogP contribution is 2.20. The van der Waals surface area contributed by atoms with Crippen LogP contribution < -0.4 is 5.32 Å². The average molecular weight is 382 g/mol. The van der Waals surface area contributed by atoms with Gasteiger partial charge in [-0.1, -0.05) is 36.8 Å². The summed E-state index contributed by atoms with van der Waals surface area (Å²) in [5, 5.41) is 22.0. The van der Waals surface area contributed by atoms with Crippen LogP contribution in [0, 0.1) is 24.0 Å². The summed E-state index contributed by atoms with van der Waals surface area (Å²) in [5.41, 5.74) is 3.42. The molecule has 2 aromatic heterocycles. The lowest BCUT2D eigenvalue weighted by atomic mass is 10.1. The second-order valence-electron chi connectivity index (χ2n) is 6.67. The summed E-state index contributed by atoms with van der Waals surface area (Å²) in [7, 11) is 0. The van der Waals surface area contributed by atoms with E-state index in [2.05, 4.69) is 21.6 Å². The number of anilines is 1. The number of carbonyl (C=O) groups is 1. The molecule has 0 saturated carbocycles. The molecule has 9 heteroatoms. The first-order valence-corrected chi connectivity index (χ1v) is 8.96. The maximum absolute atomic E-state index is 12.7. The molecule has 0 radical (unpaired) electrons. The summed E-state index contributed by atoms with van der Waals surface area (Å²) in [6.45, 7) is 6.15. The van der Waals surface area contributed by atoms with Crippen LogP contribution in [-0.2, 0) is 11.3 Å². The summed E-state index contributed by atoms with van der Waals surface area (Å²) < 4.78 is 3.14. The van der Waals surface area contributed by atoms with Crippen molar-refractivity contribution >= 4 is 17.4 Å². The second kappa shape index (κ2) is 8.03. The maximum atomic E-state index is 12.7. The number of amides is 1. The van der Waals surface area contributed by atoms with Gasteiger partial charge in [0.25, 0.3) is 5.91 Å². The average Bonchev–Trinajstić information content (AvgIpc) is 3.23. The number of rotatable bonds is 7. The lowest BCUT2D eigenvalue weighted by Crippen LogP contribution is -2.27. The summed E-state index contributed by atoms with van der Waals surface area (Å²) >= 11 is 0. The highest BCUT2D eigenvalue weighted by molar-refractivity contribution is 5.93. The number of hydrogen-bond donors (Lipinski definition) is 1. The van der Waals surface area contributed by atoms with Crippen molar-refractivity contribution in [3.05, 3.63) is 69.7 Å². The Labute approximate surface area is 162 Å². The highest BCUT2D eigenvalue weighted by Gasteiger charge is 2.27. The standard InChI is InChI=1S/C19H22N6O3/c1-4-17(24-14(3)9-18(22-24)25(27)28)19(26)21-16-10-20-23(12-16)11-15-7-5-6-13(2)8-15/h5-10,12,17H,4,11H2,1-3H3,(H,21,26). The monoisotopic (exact) mass is 382 g/mol. The Balaban J connectivity index is 1.71. The molecule has 28 heavy (non-hydrogen) atoms. The van der Waals surface area contributed by atoms with E-state index < -0.39 is 11.0 Å². The summed E-state index contributed by atoms with van der Waals surface area (Å²) in [6, 6.07) is 8.84. The van der Waals surface area contributed by atoms with Gasteiger partial charge in [-0.2, -0.15) is 9.78 Å². The number of aromatic nitrogens is 4. The number of benzene rings is 1. The Morgan fingerprint density at radius 3 is 2.75 bits per heavy atom. The lowest BCUT2D eigenvalue weighted by Gasteiger charge is -2.13. The number of nitro groups is 1. The molecule has 9 nitrogen and oxygen atoms in total. The van der Waals surface area contributed by atoms with Crippen molar-refractivity contribution < 1.29 is 9.72 Å². The van der Waals surface area contributed by atoms with Crippen LogP contribution in [0.2, 0.25) is 0 Å². The third-order valence-corrected chi connectivity index (χ3v) is 4.41. The Morgan fingerprint density at radius 2 is 2.11 bits per heavy atom. The minimum atomic E-state index is -0.645. The van der Waals surface area contributed by atoms with Crippen molar-refractivity contribution in [2.24, 2.45) is 0 Å². The first-order chi connectivity index (χ1) is 13.4. The number of aryl methyl sites for hydroxylation is 2. The first kappa shape index (κ1) is 19.3. The number of hydrogen-bond acceptors (Lipinski definition) is 5. The Bertz CT molecular complexity index is 1010. The predicted molar refractivity (Wildman–Crippen MR) is 104 cm³/mol. The van der Waals surface area contributed by atoms with E-state index in [1.54, 1.807) is 24.0 Å². The summed E-state index contributed by atoms with van der Waals surface area (Å²) in [6.07, 6.45) is 3.78. The maximum Gasteiger partial charge on any atom is 0.390 e. The van der Waals surface area contributed by atoms with Crippen molar-refractivity contribution in [1.29, 1.82) is 0 Å². The third-order valence-electron chi connectivity index (χ3n) is 4.41. The molecule has 0 saturated heterocycles. The molecule has 0 aliphatic carbocycles. The van der Waals surface area contributed by atoms with Crippen LogP contribution in [0.15, 0.2) is 42.7 Å². The van der Waals surface area contributed by atoms with E-state index in [-0.39, 0.29) is 11.7 Å². The van der Waals surface area contributed by atoms with Gasteiger partial charge in [-0.3, -0.25) is 9.48 Å². The Kier molecular flexibility index (Phi) is 5.53. The predicted octanol–water partition coefficient (Wildman–Crippen LogP) is 3.24. The molecule has 146 valence electrons. The smallest absolute Gasteiger partial charge is 0.358 e. The fraction of sp³-hybridized carbons (Fsp3) is 0.316. The summed E-state index contributed by atoms with van der Waals surface area (Å²) in [5.74, 6) is -0.562. The van der Waals surface area contributed by atoms with Crippen molar-refractivity contribution in [3.63, 3.8) is 0 Å². The first-order valence-electron chi connectivity index (χ1n) is 8.96. The Morgan fingerprint density at radius 1 is 1.32 bits per heavy atom. The largest absolute Gasteiger partial charge is 0.390 e. The zero-order valence-corrected chi connectivity index (χ0v) is 16.0. The normalized spacial score (nSPS) is 12.0. The van der Waals surface area contributed by atoms with Crippen molar-refractivity contribution in [2.45, 2.75) is 39.8 Å². The molecule has 0 aliphatic rings. The van der Waals surface area contributed by atoms with Crippen LogP contribution in [0.1, 0.15) is 36.2 Å². The van der Waals surface area contributed by atoms with E-state index in [0.29, 0.717) is 24.3 Å². The molecular formula is C19H22N6O3. The molecule has 1 N–H and O–H groups in total. The quantitative estimate of drug-likeness (QED) is 0.498. The van der Waals surface area contributed by atoms with Crippen LogP contribution in [-0.4, -0.2) is 30.4 Å². The SMILES string of the molecule is CCC(C(=O)Nc1cnn(Cc2cccc(C)c2)c1)n1nc([N+](=O)[O-])cc1C. The van der Waals surface area contributed by atoms with Crippen molar-refractivity contribution in [3.8, 4) is 0 Å². The van der Waals surface area contributed by atoms with Crippen LogP contribution in [0.25, 0.3) is 0 Å². The van der Waals surface area contributed by atoms with Gasteiger partial charge in [0.2, 0.25) is 0 Å².